The number of phenolic OH excluding ortho intramolecular Hbond substituents is 2. The van der Waals surface area contributed by atoms with Crippen LogP contribution in [0.4, 0.5) is 11.5 Å². The minimum Gasteiger partial charge on any atom is -0.508 e. The van der Waals surface area contributed by atoms with Gasteiger partial charge in [0.05, 0.1) is 12.2 Å². The molecule has 5 N–H and O–H groups in total. The first-order chi connectivity index (χ1) is 9.47. The van der Waals surface area contributed by atoms with Crippen LogP contribution in [0.25, 0.3) is 0 Å². The SMILES string of the molecule is Cn1c(NCC(=O)Nc2cc(O)ccc2O)c[nH]c1=S. The Morgan fingerprint density at radius 2 is 2.20 bits per heavy atom. The quantitative estimate of drug-likeness (QED) is 0.334. The first-order valence-electron chi connectivity index (χ1n) is 5.77. The smallest absolute Gasteiger partial charge is 0.243 e. The molecule has 0 spiro atoms. The molecule has 2 rings (SSSR count). The molecule has 20 heavy (non-hydrogen) atoms. The molecule has 0 saturated heterocycles. The Balaban J connectivity index is 1.97. The lowest BCUT2D eigenvalue weighted by atomic mass is 10.2. The number of hydrogen-bond donors (Lipinski definition) is 5. The van der Waals surface area contributed by atoms with Crippen molar-refractivity contribution < 1.29 is 15.0 Å². The topological polar surface area (TPSA) is 102 Å². The molecule has 0 aliphatic rings. The van der Waals surface area contributed by atoms with Gasteiger partial charge >= 0.3 is 0 Å². The van der Waals surface area contributed by atoms with E-state index in [2.05, 4.69) is 15.6 Å². The molecular weight excluding hydrogens is 280 g/mol. The summed E-state index contributed by atoms with van der Waals surface area (Å²) in [6, 6.07) is 3.90. The molecule has 2 aromatic rings. The van der Waals surface area contributed by atoms with Crippen molar-refractivity contribution in [2.45, 2.75) is 0 Å². The third-order valence-electron chi connectivity index (χ3n) is 2.68. The lowest BCUT2D eigenvalue weighted by molar-refractivity contribution is -0.114. The lowest BCUT2D eigenvalue weighted by Gasteiger charge is -2.09. The van der Waals surface area contributed by atoms with E-state index in [1.54, 1.807) is 17.8 Å². The third-order valence-corrected chi connectivity index (χ3v) is 3.07. The van der Waals surface area contributed by atoms with Crippen LogP contribution in [0.2, 0.25) is 0 Å². The first-order valence-corrected chi connectivity index (χ1v) is 6.18. The largest absolute Gasteiger partial charge is 0.508 e. The molecule has 0 aliphatic carbocycles. The highest BCUT2D eigenvalue weighted by Crippen LogP contribution is 2.26. The number of carbonyl (C=O) groups is 1. The molecule has 0 aliphatic heterocycles. The van der Waals surface area contributed by atoms with E-state index in [9.17, 15) is 15.0 Å². The molecule has 1 aromatic heterocycles. The number of phenols is 2. The van der Waals surface area contributed by atoms with E-state index in [1.807, 2.05) is 0 Å². The van der Waals surface area contributed by atoms with E-state index in [0.717, 1.165) is 0 Å². The molecule has 0 atom stereocenters. The second kappa shape index (κ2) is 5.66. The fourth-order valence-corrected chi connectivity index (χ4v) is 1.75. The van der Waals surface area contributed by atoms with Crippen molar-refractivity contribution >= 4 is 29.6 Å². The number of benzene rings is 1. The van der Waals surface area contributed by atoms with Crippen molar-refractivity contribution in [3.8, 4) is 11.5 Å². The van der Waals surface area contributed by atoms with Crippen LogP contribution in [0.3, 0.4) is 0 Å². The summed E-state index contributed by atoms with van der Waals surface area (Å²) < 4.78 is 2.23. The maximum atomic E-state index is 11.8. The Hall–Kier alpha value is -2.48. The standard InChI is InChI=1S/C12H14N4O3S/c1-16-10(5-14-12(16)20)13-6-11(19)15-8-4-7(17)2-3-9(8)18/h2-5,13,17-18H,6H2,1H3,(H,14,20)(H,15,19). The Labute approximate surface area is 119 Å². The molecule has 0 radical (unpaired) electrons. The fraction of sp³-hybridized carbons (Fsp3) is 0.167. The van der Waals surface area contributed by atoms with Gasteiger partial charge in [-0.15, -0.1) is 0 Å². The van der Waals surface area contributed by atoms with Gasteiger partial charge in [-0.2, -0.15) is 0 Å². The van der Waals surface area contributed by atoms with E-state index in [1.165, 1.54) is 18.2 Å². The molecule has 1 heterocycles. The van der Waals surface area contributed by atoms with Crippen LogP contribution in [0.1, 0.15) is 0 Å². The van der Waals surface area contributed by atoms with E-state index in [-0.39, 0.29) is 29.6 Å². The van der Waals surface area contributed by atoms with Crippen LogP contribution in [0.15, 0.2) is 24.4 Å². The molecule has 0 fully saturated rings. The van der Waals surface area contributed by atoms with Crippen LogP contribution in [-0.4, -0.2) is 32.2 Å². The Morgan fingerprint density at radius 1 is 1.45 bits per heavy atom. The van der Waals surface area contributed by atoms with E-state index in [0.29, 0.717) is 10.6 Å². The van der Waals surface area contributed by atoms with Gasteiger partial charge < -0.3 is 30.4 Å². The molecule has 0 unspecified atom stereocenters. The van der Waals surface area contributed by atoms with Gasteiger partial charge in [0.2, 0.25) is 5.91 Å². The number of aromatic nitrogens is 2. The molecule has 7 nitrogen and oxygen atoms in total. The number of imidazole rings is 1. The molecule has 8 heteroatoms. The molecular formula is C12H14N4O3S. The van der Waals surface area contributed by atoms with Crippen molar-refractivity contribution in [3.63, 3.8) is 0 Å². The molecule has 0 bridgehead atoms. The van der Waals surface area contributed by atoms with Crippen molar-refractivity contribution in [1.29, 1.82) is 0 Å². The monoisotopic (exact) mass is 294 g/mol. The zero-order chi connectivity index (χ0) is 14.7. The Morgan fingerprint density at radius 3 is 2.85 bits per heavy atom. The maximum Gasteiger partial charge on any atom is 0.243 e. The third kappa shape index (κ3) is 3.09. The summed E-state index contributed by atoms with van der Waals surface area (Å²) in [5.74, 6) is 0.151. The summed E-state index contributed by atoms with van der Waals surface area (Å²) in [6.07, 6.45) is 1.65. The van der Waals surface area contributed by atoms with Gasteiger partial charge in [-0.05, 0) is 24.4 Å². The van der Waals surface area contributed by atoms with Crippen molar-refractivity contribution in [2.24, 2.45) is 7.05 Å². The number of rotatable bonds is 4. The van der Waals surface area contributed by atoms with Gasteiger partial charge in [-0.1, -0.05) is 0 Å². The zero-order valence-corrected chi connectivity index (χ0v) is 11.5. The number of amides is 1. The van der Waals surface area contributed by atoms with E-state index in [4.69, 9.17) is 12.2 Å². The lowest BCUT2D eigenvalue weighted by Crippen LogP contribution is -2.22. The maximum absolute atomic E-state index is 11.8. The highest BCUT2D eigenvalue weighted by atomic mass is 32.1. The number of nitrogens with zero attached hydrogens (tertiary/aromatic N) is 1. The van der Waals surface area contributed by atoms with Gasteiger partial charge in [0.15, 0.2) is 4.77 Å². The van der Waals surface area contributed by atoms with Crippen LogP contribution in [-0.2, 0) is 11.8 Å². The number of aromatic hydroxyl groups is 2. The number of carbonyl (C=O) groups excluding carboxylic acids is 1. The summed E-state index contributed by atoms with van der Waals surface area (Å²) in [6.45, 7) is -0.00440. The normalized spacial score (nSPS) is 10.2. The summed E-state index contributed by atoms with van der Waals surface area (Å²) in [7, 11) is 1.76. The predicted molar refractivity (Wildman–Crippen MR) is 77.5 cm³/mol. The Bertz CT molecular complexity index is 692. The van der Waals surface area contributed by atoms with Gasteiger partial charge in [0.25, 0.3) is 0 Å². The zero-order valence-electron chi connectivity index (χ0n) is 10.7. The predicted octanol–water partition coefficient (Wildman–Crippen LogP) is 1.54. The van der Waals surface area contributed by atoms with Gasteiger partial charge in [0.1, 0.15) is 17.3 Å². The second-order valence-electron chi connectivity index (χ2n) is 4.14. The number of nitrogens with one attached hydrogen (secondary N) is 3. The fourth-order valence-electron chi connectivity index (χ4n) is 1.59. The number of H-pyrrole nitrogens is 1. The van der Waals surface area contributed by atoms with Crippen LogP contribution in [0, 0.1) is 4.77 Å². The van der Waals surface area contributed by atoms with Crippen LogP contribution < -0.4 is 10.6 Å². The summed E-state index contributed by atoms with van der Waals surface area (Å²) in [5, 5.41) is 24.2. The number of anilines is 2. The van der Waals surface area contributed by atoms with Crippen molar-refractivity contribution in [3.05, 3.63) is 29.2 Å². The van der Waals surface area contributed by atoms with E-state index < -0.39 is 0 Å². The van der Waals surface area contributed by atoms with E-state index >= 15 is 0 Å². The van der Waals surface area contributed by atoms with Crippen molar-refractivity contribution in [2.75, 3.05) is 17.2 Å². The van der Waals surface area contributed by atoms with Gasteiger partial charge in [-0.25, -0.2) is 0 Å². The van der Waals surface area contributed by atoms with Crippen LogP contribution in [0.5, 0.6) is 11.5 Å². The molecule has 106 valence electrons. The van der Waals surface area contributed by atoms with Crippen molar-refractivity contribution in [1.82, 2.24) is 9.55 Å². The summed E-state index contributed by atoms with van der Waals surface area (Å²) in [5.41, 5.74) is 0.152. The van der Waals surface area contributed by atoms with Gasteiger partial charge in [-0.3, -0.25) is 4.79 Å². The van der Waals surface area contributed by atoms with Gasteiger partial charge in [0, 0.05) is 19.3 Å². The average molecular weight is 294 g/mol. The number of aromatic amines is 1. The minimum absolute atomic E-state index is 0.00440. The average Bonchev–Trinajstić information content (AvgIpc) is 2.72. The molecule has 0 saturated carbocycles. The minimum atomic E-state index is -0.363. The second-order valence-corrected chi connectivity index (χ2v) is 4.53. The molecule has 1 amide bonds. The molecule has 1 aromatic carbocycles. The number of hydrogen-bond acceptors (Lipinski definition) is 5. The summed E-state index contributed by atoms with van der Waals surface area (Å²) in [4.78, 5) is 14.6. The highest BCUT2D eigenvalue weighted by molar-refractivity contribution is 7.71. The highest BCUT2D eigenvalue weighted by Gasteiger charge is 2.08. The van der Waals surface area contributed by atoms with Crippen LogP contribution >= 0.6 is 12.2 Å². The Kier molecular flexibility index (Phi) is 3.94. The first kappa shape index (κ1) is 13.9. The summed E-state index contributed by atoms with van der Waals surface area (Å²) >= 11 is 5.00.